The van der Waals surface area contributed by atoms with Gasteiger partial charge in [-0.2, -0.15) is 12.6 Å². The van der Waals surface area contributed by atoms with Gasteiger partial charge >= 0.3 is 0 Å². The first-order valence-corrected chi connectivity index (χ1v) is 11.3. The molecule has 23 heavy (non-hydrogen) atoms. The number of thiol groups is 1. The summed E-state index contributed by atoms with van der Waals surface area (Å²) in [6, 6.07) is 0. The molecule has 3 saturated carbocycles. The third-order valence-corrected chi connectivity index (χ3v) is 8.26. The molecule has 3 aliphatic rings. The highest BCUT2D eigenvalue weighted by Gasteiger charge is 2.47. The predicted octanol–water partition coefficient (Wildman–Crippen LogP) is 7.28. The van der Waals surface area contributed by atoms with E-state index in [0.717, 1.165) is 23.7 Å². The largest absolute Gasteiger partial charge is 0.176 e. The van der Waals surface area contributed by atoms with E-state index in [4.69, 9.17) is 12.6 Å². The van der Waals surface area contributed by atoms with Crippen LogP contribution >= 0.6 is 12.6 Å². The number of fused-ring (bicyclic) bond motifs is 1. The third-order valence-electron chi connectivity index (χ3n) is 7.87. The predicted molar refractivity (Wildman–Crippen MR) is 105 cm³/mol. The van der Waals surface area contributed by atoms with E-state index in [9.17, 15) is 0 Å². The fourth-order valence-corrected chi connectivity index (χ4v) is 7.30. The summed E-state index contributed by atoms with van der Waals surface area (Å²) < 4.78 is 0. The van der Waals surface area contributed by atoms with E-state index < -0.39 is 0 Å². The molecule has 0 nitrogen and oxygen atoms in total. The first-order chi connectivity index (χ1) is 11.1. The summed E-state index contributed by atoms with van der Waals surface area (Å²) in [4.78, 5) is 0. The van der Waals surface area contributed by atoms with Crippen molar-refractivity contribution in [3.8, 4) is 0 Å². The average molecular weight is 337 g/mol. The molecular formula is C22H40S. The van der Waals surface area contributed by atoms with Crippen LogP contribution in [0, 0.1) is 29.1 Å². The van der Waals surface area contributed by atoms with E-state index in [0.29, 0.717) is 10.7 Å². The molecule has 0 amide bonds. The molecule has 0 aliphatic heterocycles. The van der Waals surface area contributed by atoms with Crippen molar-refractivity contribution in [2.24, 2.45) is 29.1 Å². The van der Waals surface area contributed by atoms with Gasteiger partial charge in [0, 0.05) is 5.25 Å². The first kappa shape index (κ1) is 18.2. The molecule has 1 heteroatoms. The Morgan fingerprint density at radius 3 is 2.48 bits per heavy atom. The Labute approximate surface area is 151 Å². The molecule has 0 radical (unpaired) electrons. The van der Waals surface area contributed by atoms with Crippen LogP contribution in [0.15, 0.2) is 0 Å². The van der Waals surface area contributed by atoms with Gasteiger partial charge in [-0.25, -0.2) is 0 Å². The van der Waals surface area contributed by atoms with Crippen molar-refractivity contribution in [2.75, 3.05) is 0 Å². The van der Waals surface area contributed by atoms with Crippen LogP contribution < -0.4 is 0 Å². The van der Waals surface area contributed by atoms with E-state index in [-0.39, 0.29) is 0 Å². The van der Waals surface area contributed by atoms with Crippen molar-refractivity contribution in [1.29, 1.82) is 0 Å². The van der Waals surface area contributed by atoms with Crippen molar-refractivity contribution >= 4 is 12.6 Å². The van der Waals surface area contributed by atoms with Crippen LogP contribution in [0.2, 0.25) is 0 Å². The molecule has 0 aromatic carbocycles. The van der Waals surface area contributed by atoms with Crippen molar-refractivity contribution in [3.63, 3.8) is 0 Å². The number of unbranched alkanes of at least 4 members (excludes halogenated alkanes) is 3. The van der Waals surface area contributed by atoms with Gasteiger partial charge in [-0.3, -0.25) is 0 Å². The van der Waals surface area contributed by atoms with Crippen LogP contribution in [0.1, 0.15) is 104 Å². The lowest BCUT2D eigenvalue weighted by Gasteiger charge is -2.39. The quantitative estimate of drug-likeness (QED) is 0.382. The Bertz CT molecular complexity index is 359. The minimum absolute atomic E-state index is 0.605. The molecule has 0 bridgehead atoms. The molecule has 134 valence electrons. The summed E-state index contributed by atoms with van der Waals surface area (Å²) in [5.41, 5.74) is 0.605. The van der Waals surface area contributed by atoms with Gasteiger partial charge in [0.2, 0.25) is 0 Å². The molecule has 3 fully saturated rings. The smallest absolute Gasteiger partial charge is 0.00248 e. The molecular weight excluding hydrogens is 296 g/mol. The summed E-state index contributed by atoms with van der Waals surface area (Å²) >= 11 is 5.05. The van der Waals surface area contributed by atoms with E-state index in [1.807, 2.05) is 0 Å². The van der Waals surface area contributed by atoms with Gasteiger partial charge in [0.05, 0.1) is 0 Å². The lowest BCUT2D eigenvalue weighted by Crippen LogP contribution is -2.30. The summed E-state index contributed by atoms with van der Waals surface area (Å²) in [6.07, 6.45) is 20.7. The zero-order valence-corrected chi connectivity index (χ0v) is 16.6. The molecule has 0 saturated heterocycles. The van der Waals surface area contributed by atoms with E-state index in [1.165, 1.54) is 89.9 Å². The maximum atomic E-state index is 5.05. The number of hydrogen-bond acceptors (Lipinski definition) is 1. The topological polar surface area (TPSA) is 0 Å². The third kappa shape index (κ3) is 4.31. The summed E-state index contributed by atoms with van der Waals surface area (Å²) in [6.45, 7) is 4.98. The van der Waals surface area contributed by atoms with E-state index >= 15 is 0 Å². The van der Waals surface area contributed by atoms with Crippen LogP contribution in [0.4, 0.5) is 0 Å². The van der Waals surface area contributed by atoms with Crippen molar-refractivity contribution in [3.05, 3.63) is 0 Å². The Morgan fingerprint density at radius 1 is 0.957 bits per heavy atom. The van der Waals surface area contributed by atoms with Gasteiger partial charge in [-0.1, -0.05) is 58.8 Å². The van der Waals surface area contributed by atoms with E-state index in [2.05, 4.69) is 13.8 Å². The van der Waals surface area contributed by atoms with Gasteiger partial charge in [-0.05, 0) is 74.0 Å². The number of rotatable bonds is 6. The van der Waals surface area contributed by atoms with Crippen LogP contribution in [-0.2, 0) is 0 Å². The SMILES string of the molecule is CCCCCCC1CCC2CC(S)CC(C)(C3CCCC3)CC12. The summed E-state index contributed by atoms with van der Waals surface area (Å²) in [5, 5.41) is 0.675. The number of hydrogen-bond donors (Lipinski definition) is 1. The fourth-order valence-electron chi connectivity index (χ4n) is 6.61. The fraction of sp³-hybridized carbons (Fsp3) is 1.00. The Kier molecular flexibility index (Phi) is 6.43. The van der Waals surface area contributed by atoms with Crippen LogP contribution in [0.5, 0.6) is 0 Å². The maximum absolute atomic E-state index is 5.05. The molecule has 5 unspecified atom stereocenters. The lowest BCUT2D eigenvalue weighted by molar-refractivity contribution is 0.115. The van der Waals surface area contributed by atoms with Crippen LogP contribution in [0.3, 0.4) is 0 Å². The Hall–Kier alpha value is 0.350. The van der Waals surface area contributed by atoms with Crippen molar-refractivity contribution in [2.45, 2.75) is 109 Å². The van der Waals surface area contributed by atoms with Crippen LogP contribution in [0.25, 0.3) is 0 Å². The standard InChI is InChI=1S/C22H40S/c1-3-4-5-6-9-17-12-13-18-14-20(23)15-22(2,16-21(17)18)19-10-7-8-11-19/h17-21,23H,3-16H2,1-2H3. The molecule has 0 spiro atoms. The van der Waals surface area contributed by atoms with Crippen LogP contribution in [-0.4, -0.2) is 5.25 Å². The second-order valence-corrected chi connectivity index (χ2v) is 10.3. The molecule has 0 N–H and O–H groups in total. The highest BCUT2D eigenvalue weighted by molar-refractivity contribution is 7.80. The Morgan fingerprint density at radius 2 is 1.74 bits per heavy atom. The first-order valence-electron chi connectivity index (χ1n) is 10.8. The highest BCUT2D eigenvalue weighted by atomic mass is 32.1. The molecule has 0 aromatic heterocycles. The van der Waals surface area contributed by atoms with Crippen molar-refractivity contribution < 1.29 is 0 Å². The monoisotopic (exact) mass is 336 g/mol. The second-order valence-electron chi connectivity index (χ2n) is 9.54. The minimum Gasteiger partial charge on any atom is -0.176 e. The normalized spacial score (nSPS) is 41.9. The van der Waals surface area contributed by atoms with Crippen molar-refractivity contribution in [1.82, 2.24) is 0 Å². The molecule has 0 aromatic rings. The maximum Gasteiger partial charge on any atom is 0.00248 e. The summed E-state index contributed by atoms with van der Waals surface area (Å²) in [7, 11) is 0. The Balaban J connectivity index is 1.65. The van der Waals surface area contributed by atoms with Gasteiger partial charge in [0.25, 0.3) is 0 Å². The zero-order valence-electron chi connectivity index (χ0n) is 15.7. The highest BCUT2D eigenvalue weighted by Crippen LogP contribution is 2.56. The second kappa shape index (κ2) is 8.15. The zero-order chi connectivity index (χ0) is 16.3. The van der Waals surface area contributed by atoms with Gasteiger partial charge in [0.1, 0.15) is 0 Å². The molecule has 0 heterocycles. The van der Waals surface area contributed by atoms with E-state index in [1.54, 1.807) is 0 Å². The van der Waals surface area contributed by atoms with Gasteiger partial charge in [-0.15, -0.1) is 0 Å². The molecule has 3 aliphatic carbocycles. The molecule has 3 rings (SSSR count). The van der Waals surface area contributed by atoms with Gasteiger partial charge < -0.3 is 0 Å². The average Bonchev–Trinajstić information content (AvgIpc) is 3.14. The lowest BCUT2D eigenvalue weighted by atomic mass is 9.67. The summed E-state index contributed by atoms with van der Waals surface area (Å²) in [5.74, 6) is 4.12. The molecule has 5 atom stereocenters. The van der Waals surface area contributed by atoms with Gasteiger partial charge in [0.15, 0.2) is 0 Å². The minimum atomic E-state index is 0.605.